The predicted molar refractivity (Wildman–Crippen MR) is 42.5 cm³/mol. The fourth-order valence-corrected chi connectivity index (χ4v) is 0.455. The maximum Gasteiger partial charge on any atom is 0.329 e. The molecular formula is C7H13NO4. The van der Waals surface area contributed by atoms with E-state index in [1.54, 1.807) is 6.92 Å². The molecule has 0 unspecified atom stereocenters. The number of carbonyl (C=O) groups is 1. The molecule has 5 heteroatoms. The molecule has 0 atom stereocenters. The quantitative estimate of drug-likeness (QED) is 0.399. The van der Waals surface area contributed by atoms with E-state index in [0.717, 1.165) is 6.08 Å². The minimum Gasteiger partial charge on any atom is -0.478 e. The molecule has 0 fully saturated rings. The summed E-state index contributed by atoms with van der Waals surface area (Å²) in [5.74, 6) is -1.08. The Morgan fingerprint density at radius 1 is 1.50 bits per heavy atom. The monoisotopic (exact) mass is 175 g/mol. The van der Waals surface area contributed by atoms with E-state index in [9.17, 15) is 4.79 Å². The summed E-state index contributed by atoms with van der Waals surface area (Å²) >= 11 is 0. The van der Waals surface area contributed by atoms with Crippen molar-refractivity contribution in [3.05, 3.63) is 12.3 Å². The summed E-state index contributed by atoms with van der Waals surface area (Å²) in [5.41, 5.74) is -0.869. The summed E-state index contributed by atoms with van der Waals surface area (Å²) in [7, 11) is 0. The zero-order valence-electron chi connectivity index (χ0n) is 6.82. The van der Waals surface area contributed by atoms with Crippen LogP contribution in [-0.4, -0.2) is 40.0 Å². The number of hydrogen-bond donors (Lipinski definition) is 4. The maximum atomic E-state index is 10.0. The third kappa shape index (κ3) is 3.95. The standard InChI is InChI=1S/C7H13NO4/c1-7(4-9,5-10)8-3-2-6(11)12/h2-3,8-10H,4-5H2,1H3,(H,11,12)/b3-2+. The first-order valence-electron chi connectivity index (χ1n) is 3.43. The number of hydrogen-bond acceptors (Lipinski definition) is 4. The average Bonchev–Trinajstić information content (AvgIpc) is 2.03. The molecule has 0 aromatic carbocycles. The first-order chi connectivity index (χ1) is 5.54. The van der Waals surface area contributed by atoms with Gasteiger partial charge in [-0.3, -0.25) is 0 Å². The molecule has 0 bridgehead atoms. The van der Waals surface area contributed by atoms with Gasteiger partial charge in [-0.05, 0) is 6.92 Å². The Morgan fingerprint density at radius 2 is 2.00 bits per heavy atom. The van der Waals surface area contributed by atoms with E-state index in [-0.39, 0.29) is 13.2 Å². The highest BCUT2D eigenvalue weighted by Crippen LogP contribution is 1.99. The second-order valence-electron chi connectivity index (χ2n) is 2.69. The lowest BCUT2D eigenvalue weighted by molar-refractivity contribution is -0.131. The molecule has 0 saturated heterocycles. The Hall–Kier alpha value is -1.07. The topological polar surface area (TPSA) is 89.8 Å². The van der Waals surface area contributed by atoms with Crippen molar-refractivity contribution in [2.45, 2.75) is 12.5 Å². The van der Waals surface area contributed by atoms with Gasteiger partial charge in [0.25, 0.3) is 0 Å². The first-order valence-corrected chi connectivity index (χ1v) is 3.43. The fraction of sp³-hybridized carbons (Fsp3) is 0.571. The van der Waals surface area contributed by atoms with Crippen molar-refractivity contribution in [3.63, 3.8) is 0 Å². The highest BCUT2D eigenvalue weighted by Gasteiger charge is 2.19. The van der Waals surface area contributed by atoms with Gasteiger partial charge in [0.1, 0.15) is 0 Å². The van der Waals surface area contributed by atoms with Crippen molar-refractivity contribution in [1.29, 1.82) is 0 Å². The minimum absolute atomic E-state index is 0.270. The zero-order chi connectivity index (χ0) is 9.61. The second kappa shape index (κ2) is 4.74. The Bertz CT molecular complexity index is 174. The Balaban J connectivity index is 3.96. The number of aliphatic hydroxyl groups is 2. The van der Waals surface area contributed by atoms with E-state index < -0.39 is 11.5 Å². The lowest BCUT2D eigenvalue weighted by atomic mass is 10.1. The lowest BCUT2D eigenvalue weighted by Gasteiger charge is -2.24. The van der Waals surface area contributed by atoms with Gasteiger partial charge in [0, 0.05) is 12.3 Å². The molecule has 0 rings (SSSR count). The van der Waals surface area contributed by atoms with Crippen LogP contribution in [0.1, 0.15) is 6.92 Å². The SMILES string of the molecule is CC(CO)(CO)N/C=C/C(=O)O. The van der Waals surface area contributed by atoms with Crippen LogP contribution >= 0.6 is 0 Å². The van der Waals surface area contributed by atoms with Crippen LogP contribution < -0.4 is 5.32 Å². The van der Waals surface area contributed by atoms with Crippen LogP contribution in [0.2, 0.25) is 0 Å². The van der Waals surface area contributed by atoms with Crippen LogP contribution in [0.15, 0.2) is 12.3 Å². The molecule has 0 spiro atoms. The lowest BCUT2D eigenvalue weighted by Crippen LogP contribution is -2.46. The molecule has 4 N–H and O–H groups in total. The normalized spacial score (nSPS) is 11.9. The van der Waals surface area contributed by atoms with E-state index >= 15 is 0 Å². The molecule has 12 heavy (non-hydrogen) atoms. The van der Waals surface area contributed by atoms with Gasteiger partial charge >= 0.3 is 5.97 Å². The van der Waals surface area contributed by atoms with Gasteiger partial charge in [-0.25, -0.2) is 4.79 Å². The molecular weight excluding hydrogens is 162 g/mol. The molecule has 0 aliphatic rings. The summed E-state index contributed by atoms with van der Waals surface area (Å²) in [6, 6.07) is 0. The summed E-state index contributed by atoms with van der Waals surface area (Å²) in [6.07, 6.45) is 2.07. The van der Waals surface area contributed by atoms with Gasteiger partial charge in [-0.2, -0.15) is 0 Å². The van der Waals surface area contributed by atoms with Gasteiger partial charge in [-0.1, -0.05) is 0 Å². The molecule has 70 valence electrons. The first kappa shape index (κ1) is 10.9. The Kier molecular flexibility index (Phi) is 4.31. The summed E-state index contributed by atoms with van der Waals surface area (Å²) in [4.78, 5) is 10.0. The van der Waals surface area contributed by atoms with Crippen LogP contribution in [0.25, 0.3) is 0 Å². The predicted octanol–water partition coefficient (Wildman–Crippen LogP) is -1.08. The van der Waals surface area contributed by atoms with E-state index in [1.807, 2.05) is 0 Å². The summed E-state index contributed by atoms with van der Waals surface area (Å²) in [6.45, 7) is 1.03. The van der Waals surface area contributed by atoms with Crippen molar-refractivity contribution in [2.24, 2.45) is 0 Å². The van der Waals surface area contributed by atoms with Crippen LogP contribution in [0, 0.1) is 0 Å². The van der Waals surface area contributed by atoms with Crippen LogP contribution in [0.4, 0.5) is 0 Å². The fourth-order valence-electron chi connectivity index (χ4n) is 0.455. The highest BCUT2D eigenvalue weighted by molar-refractivity contribution is 5.79. The zero-order valence-corrected chi connectivity index (χ0v) is 6.82. The maximum absolute atomic E-state index is 10.0. The van der Waals surface area contributed by atoms with E-state index in [0.29, 0.717) is 0 Å². The largest absolute Gasteiger partial charge is 0.478 e. The van der Waals surface area contributed by atoms with Crippen LogP contribution in [0.5, 0.6) is 0 Å². The molecule has 0 heterocycles. The number of carboxylic acid groups (broad SMARTS) is 1. The van der Waals surface area contributed by atoms with Crippen molar-refractivity contribution in [2.75, 3.05) is 13.2 Å². The van der Waals surface area contributed by atoms with Crippen molar-refractivity contribution in [3.8, 4) is 0 Å². The van der Waals surface area contributed by atoms with Gasteiger partial charge in [-0.15, -0.1) is 0 Å². The molecule has 0 amide bonds. The molecule has 0 radical (unpaired) electrons. The number of carboxylic acids is 1. The number of aliphatic hydroxyl groups excluding tert-OH is 2. The molecule has 0 aliphatic carbocycles. The Labute approximate surface area is 70.3 Å². The van der Waals surface area contributed by atoms with Crippen molar-refractivity contribution in [1.82, 2.24) is 5.32 Å². The summed E-state index contributed by atoms with van der Waals surface area (Å²) < 4.78 is 0. The number of nitrogens with one attached hydrogen (secondary N) is 1. The second-order valence-corrected chi connectivity index (χ2v) is 2.69. The minimum atomic E-state index is -1.08. The van der Waals surface area contributed by atoms with Crippen molar-refractivity contribution >= 4 is 5.97 Å². The van der Waals surface area contributed by atoms with Crippen LogP contribution in [0.3, 0.4) is 0 Å². The van der Waals surface area contributed by atoms with Gasteiger partial charge < -0.3 is 20.6 Å². The van der Waals surface area contributed by atoms with Gasteiger partial charge in [0.2, 0.25) is 0 Å². The molecule has 0 aromatic heterocycles. The number of rotatable bonds is 5. The van der Waals surface area contributed by atoms with E-state index in [4.69, 9.17) is 15.3 Å². The van der Waals surface area contributed by atoms with E-state index in [1.165, 1.54) is 6.20 Å². The molecule has 0 saturated carbocycles. The molecule has 0 aromatic rings. The van der Waals surface area contributed by atoms with Gasteiger partial charge in [0.05, 0.1) is 18.8 Å². The van der Waals surface area contributed by atoms with Crippen LogP contribution in [-0.2, 0) is 4.79 Å². The third-order valence-corrected chi connectivity index (χ3v) is 1.36. The van der Waals surface area contributed by atoms with Crippen molar-refractivity contribution < 1.29 is 20.1 Å². The Morgan fingerprint density at radius 3 is 2.33 bits per heavy atom. The molecule has 5 nitrogen and oxygen atoms in total. The highest BCUT2D eigenvalue weighted by atomic mass is 16.4. The number of aliphatic carboxylic acids is 1. The van der Waals surface area contributed by atoms with Gasteiger partial charge in [0.15, 0.2) is 0 Å². The third-order valence-electron chi connectivity index (χ3n) is 1.36. The molecule has 0 aliphatic heterocycles. The van der Waals surface area contributed by atoms with E-state index in [2.05, 4.69) is 5.32 Å². The average molecular weight is 175 g/mol. The summed E-state index contributed by atoms with van der Waals surface area (Å²) in [5, 5.41) is 28.3. The smallest absolute Gasteiger partial charge is 0.329 e.